The number of carbonyl (C=O) groups is 1. The van der Waals surface area contributed by atoms with Crippen LogP contribution in [0.25, 0.3) is 0 Å². The molecule has 1 aromatic rings. The molecule has 0 aliphatic rings. The van der Waals surface area contributed by atoms with E-state index in [1.54, 1.807) is 0 Å². The summed E-state index contributed by atoms with van der Waals surface area (Å²) in [5, 5.41) is 0. The highest BCUT2D eigenvalue weighted by Crippen LogP contribution is 2.24. The van der Waals surface area contributed by atoms with Crippen LogP contribution in [-0.4, -0.2) is 5.78 Å². The molecule has 1 aromatic heterocycles. The van der Waals surface area contributed by atoms with Crippen molar-refractivity contribution >= 4 is 33.0 Å². The number of thiophene rings is 1. The molecular weight excluding hydrogens is 248 g/mol. The normalized spacial score (nSPS) is 10.0. The highest BCUT2D eigenvalue weighted by atomic mass is 79.9. The molecule has 0 bridgehead atoms. The van der Waals surface area contributed by atoms with Crippen LogP contribution in [0.3, 0.4) is 0 Å². The molecule has 0 aliphatic heterocycles. The van der Waals surface area contributed by atoms with Crippen LogP contribution in [0.5, 0.6) is 0 Å². The Morgan fingerprint density at radius 1 is 1.62 bits per heavy atom. The van der Waals surface area contributed by atoms with Crippen molar-refractivity contribution in [2.75, 3.05) is 0 Å². The highest BCUT2D eigenvalue weighted by Gasteiger charge is 2.08. The van der Waals surface area contributed by atoms with Gasteiger partial charge in [0.1, 0.15) is 0 Å². The van der Waals surface area contributed by atoms with Gasteiger partial charge < -0.3 is 0 Å². The van der Waals surface area contributed by atoms with Crippen molar-refractivity contribution in [1.29, 1.82) is 0 Å². The van der Waals surface area contributed by atoms with Gasteiger partial charge in [-0.25, -0.2) is 0 Å². The molecule has 3 heteroatoms. The van der Waals surface area contributed by atoms with Gasteiger partial charge in [-0.3, -0.25) is 4.79 Å². The quantitative estimate of drug-likeness (QED) is 0.589. The standard InChI is InChI=1S/C10H11BrOS/c1-3-7(2)6-8(12)9-4-5-10(11)13-9/h4-5H,2-3,6H2,1H3. The van der Waals surface area contributed by atoms with Crippen LogP contribution in [0.4, 0.5) is 0 Å². The molecule has 0 spiro atoms. The van der Waals surface area contributed by atoms with E-state index in [2.05, 4.69) is 22.5 Å². The summed E-state index contributed by atoms with van der Waals surface area (Å²) in [7, 11) is 0. The van der Waals surface area contributed by atoms with Gasteiger partial charge in [0.25, 0.3) is 0 Å². The molecule has 0 amide bonds. The molecule has 70 valence electrons. The molecule has 0 N–H and O–H groups in total. The van der Waals surface area contributed by atoms with E-state index in [1.165, 1.54) is 11.3 Å². The van der Waals surface area contributed by atoms with Gasteiger partial charge in [0, 0.05) is 6.42 Å². The molecular formula is C10H11BrOS. The Morgan fingerprint density at radius 2 is 2.31 bits per heavy atom. The SMILES string of the molecule is C=C(CC)CC(=O)c1ccc(Br)s1. The molecule has 13 heavy (non-hydrogen) atoms. The fraction of sp³-hybridized carbons (Fsp3) is 0.300. The van der Waals surface area contributed by atoms with E-state index in [4.69, 9.17) is 0 Å². The average Bonchev–Trinajstić information content (AvgIpc) is 2.51. The minimum atomic E-state index is 0.169. The van der Waals surface area contributed by atoms with E-state index in [9.17, 15) is 4.79 Å². The molecule has 1 nitrogen and oxygen atoms in total. The number of hydrogen-bond acceptors (Lipinski definition) is 2. The van der Waals surface area contributed by atoms with Crippen molar-refractivity contribution in [2.45, 2.75) is 19.8 Å². The van der Waals surface area contributed by atoms with E-state index < -0.39 is 0 Å². The topological polar surface area (TPSA) is 17.1 Å². The van der Waals surface area contributed by atoms with Crippen LogP contribution in [0, 0.1) is 0 Å². The van der Waals surface area contributed by atoms with Crippen LogP contribution in [0.2, 0.25) is 0 Å². The Kier molecular flexibility index (Phi) is 3.88. The molecule has 0 radical (unpaired) electrons. The minimum Gasteiger partial charge on any atom is -0.293 e. The lowest BCUT2D eigenvalue weighted by molar-refractivity contribution is 0.0996. The highest BCUT2D eigenvalue weighted by molar-refractivity contribution is 9.11. The zero-order chi connectivity index (χ0) is 9.84. The first kappa shape index (κ1) is 10.7. The molecule has 0 aromatic carbocycles. The summed E-state index contributed by atoms with van der Waals surface area (Å²) in [4.78, 5) is 12.4. The first-order valence-electron chi connectivity index (χ1n) is 4.08. The first-order valence-corrected chi connectivity index (χ1v) is 5.69. The second-order valence-corrected chi connectivity index (χ2v) is 5.27. The third-order valence-corrected chi connectivity index (χ3v) is 3.42. The van der Waals surface area contributed by atoms with Crippen LogP contribution >= 0.6 is 27.3 Å². The van der Waals surface area contributed by atoms with Gasteiger partial charge >= 0.3 is 0 Å². The molecule has 0 atom stereocenters. The Morgan fingerprint density at radius 3 is 2.77 bits per heavy atom. The lowest BCUT2D eigenvalue weighted by atomic mass is 10.1. The molecule has 1 rings (SSSR count). The summed E-state index contributed by atoms with van der Waals surface area (Å²) in [5.74, 6) is 0.169. The fourth-order valence-electron chi connectivity index (χ4n) is 0.903. The Labute approximate surface area is 90.6 Å². The van der Waals surface area contributed by atoms with Crippen LogP contribution in [-0.2, 0) is 0 Å². The zero-order valence-corrected chi connectivity index (χ0v) is 9.87. The van der Waals surface area contributed by atoms with Crippen molar-refractivity contribution in [1.82, 2.24) is 0 Å². The van der Waals surface area contributed by atoms with Crippen LogP contribution in [0.1, 0.15) is 29.4 Å². The number of hydrogen-bond donors (Lipinski definition) is 0. The number of carbonyl (C=O) groups excluding carboxylic acids is 1. The molecule has 1 heterocycles. The molecule has 0 aliphatic carbocycles. The van der Waals surface area contributed by atoms with E-state index >= 15 is 0 Å². The van der Waals surface area contributed by atoms with Crippen molar-refractivity contribution in [3.63, 3.8) is 0 Å². The maximum atomic E-state index is 11.6. The third kappa shape index (κ3) is 3.08. The van der Waals surface area contributed by atoms with E-state index in [1.807, 2.05) is 19.1 Å². The average molecular weight is 259 g/mol. The lowest BCUT2D eigenvalue weighted by Gasteiger charge is -1.98. The van der Waals surface area contributed by atoms with Gasteiger partial charge in [0.05, 0.1) is 8.66 Å². The fourth-order valence-corrected chi connectivity index (χ4v) is 2.23. The Hall–Kier alpha value is -0.410. The smallest absolute Gasteiger partial charge is 0.176 e. The number of allylic oxidation sites excluding steroid dienone is 1. The number of ketones is 1. The van der Waals surface area contributed by atoms with Gasteiger partial charge in [-0.05, 0) is 34.5 Å². The summed E-state index contributed by atoms with van der Waals surface area (Å²) in [6, 6.07) is 3.74. The summed E-state index contributed by atoms with van der Waals surface area (Å²) < 4.78 is 0.998. The van der Waals surface area contributed by atoms with Gasteiger partial charge in [-0.1, -0.05) is 19.1 Å². The summed E-state index contributed by atoms with van der Waals surface area (Å²) >= 11 is 4.80. The number of rotatable bonds is 4. The second-order valence-electron chi connectivity index (χ2n) is 2.81. The van der Waals surface area contributed by atoms with Crippen molar-refractivity contribution in [3.05, 3.63) is 32.9 Å². The van der Waals surface area contributed by atoms with E-state index in [0.29, 0.717) is 6.42 Å². The molecule has 0 saturated carbocycles. The predicted octanol–water partition coefficient (Wildman–Crippen LogP) is 4.05. The molecule has 0 fully saturated rings. The van der Waals surface area contributed by atoms with Crippen molar-refractivity contribution in [3.8, 4) is 0 Å². The van der Waals surface area contributed by atoms with Gasteiger partial charge in [-0.2, -0.15) is 0 Å². The van der Waals surface area contributed by atoms with Crippen LogP contribution < -0.4 is 0 Å². The van der Waals surface area contributed by atoms with Gasteiger partial charge in [-0.15, -0.1) is 11.3 Å². The summed E-state index contributed by atoms with van der Waals surface area (Å²) in [6.07, 6.45) is 1.35. The monoisotopic (exact) mass is 258 g/mol. The lowest BCUT2D eigenvalue weighted by Crippen LogP contribution is -1.96. The summed E-state index contributed by atoms with van der Waals surface area (Å²) in [6.45, 7) is 5.83. The number of Topliss-reactive ketones (excluding diaryl/α,β-unsaturated/α-hetero) is 1. The minimum absolute atomic E-state index is 0.169. The second kappa shape index (κ2) is 4.72. The van der Waals surface area contributed by atoms with Gasteiger partial charge in [0.2, 0.25) is 0 Å². The third-order valence-electron chi connectivity index (χ3n) is 1.76. The van der Waals surface area contributed by atoms with E-state index in [-0.39, 0.29) is 5.78 Å². The van der Waals surface area contributed by atoms with Crippen molar-refractivity contribution in [2.24, 2.45) is 0 Å². The summed E-state index contributed by atoms with van der Waals surface area (Å²) in [5.41, 5.74) is 0.995. The Balaban J connectivity index is 2.64. The maximum Gasteiger partial charge on any atom is 0.176 e. The van der Waals surface area contributed by atoms with Crippen LogP contribution in [0.15, 0.2) is 28.1 Å². The first-order chi connectivity index (χ1) is 6.13. The largest absolute Gasteiger partial charge is 0.293 e. The van der Waals surface area contributed by atoms with Gasteiger partial charge in [0.15, 0.2) is 5.78 Å². The zero-order valence-electron chi connectivity index (χ0n) is 7.47. The van der Waals surface area contributed by atoms with Crippen molar-refractivity contribution < 1.29 is 4.79 Å². The van der Waals surface area contributed by atoms with E-state index in [0.717, 1.165) is 20.7 Å². The Bertz CT molecular complexity index is 327. The predicted molar refractivity (Wildman–Crippen MR) is 60.4 cm³/mol. The molecule has 0 saturated heterocycles. The number of halogens is 1. The maximum absolute atomic E-state index is 11.6. The molecule has 0 unspecified atom stereocenters.